The molecule has 0 aromatic rings. The zero-order valence-corrected chi connectivity index (χ0v) is 9.22. The van der Waals surface area contributed by atoms with Gasteiger partial charge in [-0.2, -0.15) is 0 Å². The Morgan fingerprint density at radius 3 is 2.73 bits per heavy atom. The van der Waals surface area contributed by atoms with E-state index in [1.807, 2.05) is 0 Å². The van der Waals surface area contributed by atoms with Gasteiger partial charge in [-0.3, -0.25) is 4.79 Å². The molecule has 0 spiro atoms. The Kier molecular flexibility index (Phi) is 4.82. The second-order valence-corrected chi connectivity index (χ2v) is 4.28. The number of aliphatic hydroxyl groups excluding tert-OH is 1. The summed E-state index contributed by atoms with van der Waals surface area (Å²) < 4.78 is 0. The maximum absolute atomic E-state index is 10.6. The quantitative estimate of drug-likeness (QED) is 0.687. The van der Waals surface area contributed by atoms with Crippen LogP contribution in [0.15, 0.2) is 12.2 Å². The molecule has 0 aromatic carbocycles. The van der Waals surface area contributed by atoms with Crippen LogP contribution in [0.2, 0.25) is 0 Å². The van der Waals surface area contributed by atoms with E-state index in [4.69, 9.17) is 5.11 Å². The molecule has 0 amide bonds. The van der Waals surface area contributed by atoms with Gasteiger partial charge in [0.25, 0.3) is 0 Å². The fourth-order valence-corrected chi connectivity index (χ4v) is 2.37. The van der Waals surface area contributed by atoms with Crippen molar-refractivity contribution in [3.63, 3.8) is 0 Å². The average Bonchev–Trinajstić information content (AvgIpc) is 2.49. The van der Waals surface area contributed by atoms with Crippen LogP contribution in [0.1, 0.15) is 39.0 Å². The number of carbonyl (C=O) groups is 1. The molecule has 15 heavy (non-hydrogen) atoms. The predicted octanol–water partition coefficient (Wildman–Crippen LogP) is 2.20. The summed E-state index contributed by atoms with van der Waals surface area (Å²) in [7, 11) is 0. The minimum absolute atomic E-state index is 0.142. The van der Waals surface area contributed by atoms with Crippen molar-refractivity contribution in [1.29, 1.82) is 0 Å². The summed E-state index contributed by atoms with van der Waals surface area (Å²) in [5.41, 5.74) is 0. The standard InChI is InChI=1S/C12H20O3/c1-2-3-4-5-10-9(8-12(14)15)6-7-11(10)13/h3-4,9-11,13H,2,5-8H2,1H3,(H,14,15)/b4-3-/t9-,10+,11-/m0/s1. The van der Waals surface area contributed by atoms with Crippen molar-refractivity contribution in [3.8, 4) is 0 Å². The molecule has 1 rings (SSSR count). The fraction of sp³-hybridized carbons (Fsp3) is 0.750. The first-order valence-electron chi connectivity index (χ1n) is 5.70. The highest BCUT2D eigenvalue weighted by Gasteiger charge is 2.34. The van der Waals surface area contributed by atoms with Gasteiger partial charge in [0.1, 0.15) is 0 Å². The molecule has 3 atom stereocenters. The van der Waals surface area contributed by atoms with Crippen LogP contribution in [-0.2, 0) is 4.79 Å². The Morgan fingerprint density at radius 1 is 1.40 bits per heavy atom. The molecule has 0 aromatic heterocycles. The topological polar surface area (TPSA) is 57.5 Å². The smallest absolute Gasteiger partial charge is 0.303 e. The number of hydrogen-bond donors (Lipinski definition) is 2. The van der Waals surface area contributed by atoms with Gasteiger partial charge in [0.2, 0.25) is 0 Å². The monoisotopic (exact) mass is 212 g/mol. The third-order valence-electron chi connectivity index (χ3n) is 3.18. The summed E-state index contributed by atoms with van der Waals surface area (Å²) in [5, 5.41) is 18.5. The van der Waals surface area contributed by atoms with E-state index in [0.29, 0.717) is 0 Å². The first-order chi connectivity index (χ1) is 7.15. The lowest BCUT2D eigenvalue weighted by Gasteiger charge is -2.18. The molecule has 3 nitrogen and oxygen atoms in total. The minimum Gasteiger partial charge on any atom is -0.481 e. The molecule has 1 saturated carbocycles. The van der Waals surface area contributed by atoms with Crippen LogP contribution >= 0.6 is 0 Å². The lowest BCUT2D eigenvalue weighted by atomic mass is 9.89. The van der Waals surface area contributed by atoms with Crippen LogP contribution in [0.25, 0.3) is 0 Å². The second-order valence-electron chi connectivity index (χ2n) is 4.28. The summed E-state index contributed by atoms with van der Waals surface area (Å²) in [6, 6.07) is 0. The Balaban J connectivity index is 2.48. The largest absolute Gasteiger partial charge is 0.481 e. The Morgan fingerprint density at radius 2 is 2.13 bits per heavy atom. The third-order valence-corrected chi connectivity index (χ3v) is 3.18. The molecule has 0 radical (unpaired) electrons. The molecule has 0 heterocycles. The molecule has 2 N–H and O–H groups in total. The molecule has 3 heteroatoms. The number of carboxylic acid groups (broad SMARTS) is 1. The van der Waals surface area contributed by atoms with Crippen LogP contribution in [-0.4, -0.2) is 22.3 Å². The van der Waals surface area contributed by atoms with Crippen molar-refractivity contribution in [1.82, 2.24) is 0 Å². The van der Waals surface area contributed by atoms with Gasteiger partial charge < -0.3 is 10.2 Å². The Labute approximate surface area is 90.8 Å². The zero-order chi connectivity index (χ0) is 11.3. The van der Waals surface area contributed by atoms with Crippen molar-refractivity contribution in [3.05, 3.63) is 12.2 Å². The first-order valence-corrected chi connectivity index (χ1v) is 5.70. The molecule has 1 aliphatic carbocycles. The fourth-order valence-electron chi connectivity index (χ4n) is 2.37. The second kappa shape index (κ2) is 5.91. The van der Waals surface area contributed by atoms with Crippen molar-refractivity contribution in [2.24, 2.45) is 11.8 Å². The maximum atomic E-state index is 10.6. The van der Waals surface area contributed by atoms with Crippen LogP contribution < -0.4 is 0 Å². The average molecular weight is 212 g/mol. The van der Waals surface area contributed by atoms with E-state index in [-0.39, 0.29) is 24.4 Å². The van der Waals surface area contributed by atoms with E-state index >= 15 is 0 Å². The number of aliphatic carboxylic acids is 1. The lowest BCUT2D eigenvalue weighted by Crippen LogP contribution is -2.20. The van der Waals surface area contributed by atoms with Crippen molar-refractivity contribution < 1.29 is 15.0 Å². The molecular weight excluding hydrogens is 192 g/mol. The van der Waals surface area contributed by atoms with E-state index in [0.717, 1.165) is 25.7 Å². The van der Waals surface area contributed by atoms with Crippen LogP contribution in [0.5, 0.6) is 0 Å². The Bertz CT molecular complexity index is 235. The lowest BCUT2D eigenvalue weighted by molar-refractivity contribution is -0.138. The summed E-state index contributed by atoms with van der Waals surface area (Å²) in [4.78, 5) is 10.6. The number of aliphatic hydroxyl groups is 1. The van der Waals surface area contributed by atoms with E-state index < -0.39 is 5.97 Å². The van der Waals surface area contributed by atoms with Gasteiger partial charge in [0.15, 0.2) is 0 Å². The van der Waals surface area contributed by atoms with Crippen LogP contribution in [0, 0.1) is 11.8 Å². The van der Waals surface area contributed by atoms with Crippen molar-refractivity contribution in [2.45, 2.75) is 45.1 Å². The molecule has 0 aliphatic heterocycles. The van der Waals surface area contributed by atoms with Crippen LogP contribution in [0.4, 0.5) is 0 Å². The van der Waals surface area contributed by atoms with Gasteiger partial charge in [0.05, 0.1) is 6.10 Å². The predicted molar refractivity (Wildman–Crippen MR) is 58.5 cm³/mol. The van der Waals surface area contributed by atoms with Gasteiger partial charge in [-0.15, -0.1) is 0 Å². The number of hydrogen-bond acceptors (Lipinski definition) is 2. The van der Waals surface area contributed by atoms with Gasteiger partial charge in [0, 0.05) is 6.42 Å². The van der Waals surface area contributed by atoms with Crippen LogP contribution in [0.3, 0.4) is 0 Å². The number of rotatable bonds is 5. The Hall–Kier alpha value is -0.830. The highest BCUT2D eigenvalue weighted by molar-refractivity contribution is 5.67. The number of allylic oxidation sites excluding steroid dienone is 2. The van der Waals surface area contributed by atoms with Crippen molar-refractivity contribution >= 4 is 5.97 Å². The first kappa shape index (κ1) is 12.2. The molecule has 1 aliphatic rings. The number of carboxylic acids is 1. The minimum atomic E-state index is -0.751. The summed E-state index contributed by atoms with van der Waals surface area (Å²) in [5.74, 6) is -0.457. The van der Waals surface area contributed by atoms with E-state index in [9.17, 15) is 9.90 Å². The molecule has 0 bridgehead atoms. The molecule has 0 unspecified atom stereocenters. The molecule has 1 fully saturated rings. The SMILES string of the molecule is CC/C=C\C[C@@H]1[C@H](CC(=O)O)CC[C@@H]1O. The molecule has 0 saturated heterocycles. The molecular formula is C12H20O3. The summed E-state index contributed by atoms with van der Waals surface area (Å²) in [6.45, 7) is 2.07. The van der Waals surface area contributed by atoms with Gasteiger partial charge in [-0.25, -0.2) is 0 Å². The summed E-state index contributed by atoms with van der Waals surface area (Å²) >= 11 is 0. The van der Waals surface area contributed by atoms with Gasteiger partial charge in [-0.1, -0.05) is 19.1 Å². The van der Waals surface area contributed by atoms with Gasteiger partial charge >= 0.3 is 5.97 Å². The zero-order valence-electron chi connectivity index (χ0n) is 9.22. The van der Waals surface area contributed by atoms with Gasteiger partial charge in [-0.05, 0) is 37.5 Å². The highest BCUT2D eigenvalue weighted by Crippen LogP contribution is 2.36. The van der Waals surface area contributed by atoms with E-state index in [1.54, 1.807) is 0 Å². The van der Waals surface area contributed by atoms with E-state index in [2.05, 4.69) is 19.1 Å². The highest BCUT2D eigenvalue weighted by atomic mass is 16.4. The normalized spacial score (nSPS) is 31.2. The maximum Gasteiger partial charge on any atom is 0.303 e. The molecule has 86 valence electrons. The van der Waals surface area contributed by atoms with E-state index in [1.165, 1.54) is 0 Å². The third kappa shape index (κ3) is 3.67. The summed E-state index contributed by atoms with van der Waals surface area (Å²) in [6.07, 6.45) is 7.43. The van der Waals surface area contributed by atoms with Crippen molar-refractivity contribution in [2.75, 3.05) is 0 Å².